The monoisotopic (exact) mass is 284 g/mol. The summed E-state index contributed by atoms with van der Waals surface area (Å²) in [7, 11) is 0. The van der Waals surface area contributed by atoms with Crippen molar-refractivity contribution in [2.75, 3.05) is 5.32 Å². The number of hydrogen-bond donors (Lipinski definition) is 2. The molecule has 1 aromatic heterocycles. The zero-order chi connectivity index (χ0) is 15.2. The van der Waals surface area contributed by atoms with Crippen molar-refractivity contribution in [1.82, 2.24) is 15.3 Å². The van der Waals surface area contributed by atoms with Crippen LogP contribution in [0.5, 0.6) is 0 Å². The van der Waals surface area contributed by atoms with Crippen molar-refractivity contribution in [2.24, 2.45) is 0 Å². The van der Waals surface area contributed by atoms with Gasteiger partial charge in [-0.15, -0.1) is 0 Å². The van der Waals surface area contributed by atoms with E-state index in [0.29, 0.717) is 11.5 Å². The Balaban J connectivity index is 2.11. The molecule has 0 spiro atoms. The number of hydrogen-bond acceptors (Lipinski definition) is 4. The normalized spacial score (nSPS) is 10.5. The maximum Gasteiger partial charge on any atom is 0.270 e. The smallest absolute Gasteiger partial charge is 0.270 e. The first-order valence-electron chi connectivity index (χ1n) is 7.07. The molecule has 0 radical (unpaired) electrons. The molecule has 1 aromatic carbocycles. The van der Waals surface area contributed by atoms with Gasteiger partial charge in [0.2, 0.25) is 0 Å². The average Bonchev–Trinajstić information content (AvgIpc) is 2.47. The van der Waals surface area contributed by atoms with E-state index in [0.717, 1.165) is 12.1 Å². The first-order valence-corrected chi connectivity index (χ1v) is 7.07. The Morgan fingerprint density at radius 3 is 2.52 bits per heavy atom. The summed E-state index contributed by atoms with van der Waals surface area (Å²) in [6, 6.07) is 9.84. The molecule has 0 aliphatic carbocycles. The van der Waals surface area contributed by atoms with Gasteiger partial charge in [0, 0.05) is 17.8 Å². The van der Waals surface area contributed by atoms with E-state index in [1.54, 1.807) is 6.07 Å². The standard InChI is InChI=1S/C16H20N4O/c1-4-12-5-7-13(8-6-12)20-15-9-14(17-10-18-15)16(21)19-11(2)3/h5-11H,4H2,1-3H3,(H,19,21)(H,17,18,20). The number of carbonyl (C=O) groups excluding carboxylic acids is 1. The fourth-order valence-electron chi connectivity index (χ4n) is 1.86. The van der Waals surface area contributed by atoms with E-state index in [1.165, 1.54) is 11.9 Å². The molecule has 1 heterocycles. The summed E-state index contributed by atoms with van der Waals surface area (Å²) in [4.78, 5) is 20.0. The van der Waals surface area contributed by atoms with Crippen LogP contribution in [0.4, 0.5) is 11.5 Å². The van der Waals surface area contributed by atoms with Crippen LogP contribution in [0.1, 0.15) is 36.8 Å². The van der Waals surface area contributed by atoms with Gasteiger partial charge in [-0.05, 0) is 38.0 Å². The Kier molecular flexibility index (Phi) is 4.87. The van der Waals surface area contributed by atoms with Crippen molar-refractivity contribution in [2.45, 2.75) is 33.2 Å². The Bertz CT molecular complexity index is 608. The molecule has 5 nitrogen and oxygen atoms in total. The molecule has 0 unspecified atom stereocenters. The molecular formula is C16H20N4O. The molecule has 110 valence electrons. The third-order valence-electron chi connectivity index (χ3n) is 2.95. The lowest BCUT2D eigenvalue weighted by atomic mass is 10.1. The number of carbonyl (C=O) groups is 1. The quantitative estimate of drug-likeness (QED) is 0.886. The molecule has 0 aliphatic rings. The fourth-order valence-corrected chi connectivity index (χ4v) is 1.86. The number of nitrogens with one attached hydrogen (secondary N) is 2. The molecule has 5 heteroatoms. The maximum atomic E-state index is 11.9. The summed E-state index contributed by atoms with van der Waals surface area (Å²) in [5.41, 5.74) is 2.56. The van der Waals surface area contributed by atoms with Gasteiger partial charge in [0.05, 0.1) is 0 Å². The van der Waals surface area contributed by atoms with E-state index in [-0.39, 0.29) is 11.9 Å². The van der Waals surface area contributed by atoms with Gasteiger partial charge in [0.15, 0.2) is 0 Å². The first kappa shape index (κ1) is 15.0. The highest BCUT2D eigenvalue weighted by Gasteiger charge is 2.09. The molecule has 1 amide bonds. The van der Waals surface area contributed by atoms with E-state index in [9.17, 15) is 4.79 Å². The highest BCUT2D eigenvalue weighted by atomic mass is 16.1. The van der Waals surface area contributed by atoms with E-state index < -0.39 is 0 Å². The molecule has 21 heavy (non-hydrogen) atoms. The largest absolute Gasteiger partial charge is 0.349 e. The minimum absolute atomic E-state index is 0.0745. The zero-order valence-electron chi connectivity index (χ0n) is 12.6. The van der Waals surface area contributed by atoms with Gasteiger partial charge in [-0.3, -0.25) is 4.79 Å². The van der Waals surface area contributed by atoms with Gasteiger partial charge in [0.1, 0.15) is 17.8 Å². The number of nitrogens with zero attached hydrogens (tertiary/aromatic N) is 2. The molecule has 0 fully saturated rings. The summed E-state index contributed by atoms with van der Waals surface area (Å²) in [6.45, 7) is 5.94. The number of benzene rings is 1. The van der Waals surface area contributed by atoms with Crippen LogP contribution < -0.4 is 10.6 Å². The Morgan fingerprint density at radius 2 is 1.90 bits per heavy atom. The van der Waals surface area contributed by atoms with Crippen molar-refractivity contribution in [3.8, 4) is 0 Å². The minimum Gasteiger partial charge on any atom is -0.349 e. The van der Waals surface area contributed by atoms with E-state index in [2.05, 4.69) is 39.7 Å². The molecular weight excluding hydrogens is 264 g/mol. The lowest BCUT2D eigenvalue weighted by molar-refractivity contribution is 0.0938. The third-order valence-corrected chi connectivity index (χ3v) is 2.95. The molecule has 0 saturated heterocycles. The van der Waals surface area contributed by atoms with Gasteiger partial charge < -0.3 is 10.6 Å². The second kappa shape index (κ2) is 6.83. The topological polar surface area (TPSA) is 66.9 Å². The Labute approximate surface area is 124 Å². The van der Waals surface area contributed by atoms with Crippen LogP contribution in [0.15, 0.2) is 36.7 Å². The lowest BCUT2D eigenvalue weighted by Crippen LogP contribution is -2.30. The summed E-state index contributed by atoms with van der Waals surface area (Å²) in [5, 5.41) is 5.98. The van der Waals surface area contributed by atoms with Crippen LogP contribution in [-0.2, 0) is 6.42 Å². The maximum absolute atomic E-state index is 11.9. The summed E-state index contributed by atoms with van der Waals surface area (Å²) < 4.78 is 0. The van der Waals surface area contributed by atoms with Crippen molar-refractivity contribution >= 4 is 17.4 Å². The Morgan fingerprint density at radius 1 is 1.19 bits per heavy atom. The van der Waals surface area contributed by atoms with Crippen LogP contribution in [0, 0.1) is 0 Å². The van der Waals surface area contributed by atoms with E-state index >= 15 is 0 Å². The van der Waals surface area contributed by atoms with Crippen molar-refractivity contribution < 1.29 is 4.79 Å². The van der Waals surface area contributed by atoms with Gasteiger partial charge in [-0.25, -0.2) is 9.97 Å². The van der Waals surface area contributed by atoms with Crippen LogP contribution in [0.25, 0.3) is 0 Å². The van der Waals surface area contributed by atoms with Crippen molar-refractivity contribution in [3.63, 3.8) is 0 Å². The van der Waals surface area contributed by atoms with E-state index in [4.69, 9.17) is 0 Å². The number of aryl methyl sites for hydroxylation is 1. The second-order valence-electron chi connectivity index (χ2n) is 5.09. The molecule has 2 rings (SSSR count). The average molecular weight is 284 g/mol. The van der Waals surface area contributed by atoms with Crippen LogP contribution >= 0.6 is 0 Å². The van der Waals surface area contributed by atoms with Crippen LogP contribution in [-0.4, -0.2) is 21.9 Å². The molecule has 0 bridgehead atoms. The van der Waals surface area contributed by atoms with Gasteiger partial charge in [-0.1, -0.05) is 19.1 Å². The molecule has 2 aromatic rings. The SMILES string of the molecule is CCc1ccc(Nc2cc(C(=O)NC(C)C)ncn2)cc1. The number of rotatable bonds is 5. The van der Waals surface area contributed by atoms with Crippen LogP contribution in [0.3, 0.4) is 0 Å². The van der Waals surface area contributed by atoms with Gasteiger partial charge in [0.25, 0.3) is 5.91 Å². The molecule has 0 aliphatic heterocycles. The molecule has 0 saturated carbocycles. The molecule has 2 N–H and O–H groups in total. The summed E-state index contributed by atoms with van der Waals surface area (Å²) in [6.07, 6.45) is 2.39. The fraction of sp³-hybridized carbons (Fsp3) is 0.312. The predicted molar refractivity (Wildman–Crippen MR) is 83.7 cm³/mol. The van der Waals surface area contributed by atoms with Crippen molar-refractivity contribution in [3.05, 3.63) is 47.9 Å². The van der Waals surface area contributed by atoms with Gasteiger partial charge in [-0.2, -0.15) is 0 Å². The zero-order valence-corrected chi connectivity index (χ0v) is 12.6. The third kappa shape index (κ3) is 4.27. The highest BCUT2D eigenvalue weighted by Crippen LogP contribution is 2.15. The first-order chi connectivity index (χ1) is 10.1. The van der Waals surface area contributed by atoms with E-state index in [1.807, 2.05) is 26.0 Å². The Hall–Kier alpha value is -2.43. The summed E-state index contributed by atoms with van der Waals surface area (Å²) in [5.74, 6) is 0.403. The van der Waals surface area contributed by atoms with Crippen molar-refractivity contribution in [1.29, 1.82) is 0 Å². The molecule has 0 atom stereocenters. The number of aromatic nitrogens is 2. The highest BCUT2D eigenvalue weighted by molar-refractivity contribution is 5.93. The number of anilines is 2. The summed E-state index contributed by atoms with van der Waals surface area (Å²) >= 11 is 0. The van der Waals surface area contributed by atoms with Crippen LogP contribution in [0.2, 0.25) is 0 Å². The van der Waals surface area contributed by atoms with Gasteiger partial charge >= 0.3 is 0 Å². The lowest BCUT2D eigenvalue weighted by Gasteiger charge is -2.09. The number of amides is 1. The minimum atomic E-state index is -0.197. The predicted octanol–water partition coefficient (Wildman–Crippen LogP) is 2.92. The second-order valence-corrected chi connectivity index (χ2v) is 5.09.